The third-order valence-corrected chi connectivity index (χ3v) is 6.27. The van der Waals surface area contributed by atoms with Gasteiger partial charge in [-0.3, -0.25) is 9.59 Å². The van der Waals surface area contributed by atoms with E-state index in [1.807, 2.05) is 0 Å². The lowest BCUT2D eigenvalue weighted by Gasteiger charge is -2.30. The van der Waals surface area contributed by atoms with Crippen LogP contribution in [0.4, 0.5) is 24.0 Å². The van der Waals surface area contributed by atoms with Crippen LogP contribution < -0.4 is 15.8 Å². The van der Waals surface area contributed by atoms with Gasteiger partial charge in [0.25, 0.3) is 0 Å². The highest BCUT2D eigenvalue weighted by Crippen LogP contribution is 2.30. The lowest BCUT2D eigenvalue weighted by atomic mass is 9.96. The van der Waals surface area contributed by atoms with Crippen LogP contribution >= 0.6 is 23.1 Å². The Morgan fingerprint density at radius 3 is 2.50 bits per heavy atom. The van der Waals surface area contributed by atoms with E-state index < -0.39 is 6.36 Å². The number of rotatable bonds is 7. The highest BCUT2D eigenvalue weighted by Gasteiger charge is 2.31. The molecule has 0 bridgehead atoms. The van der Waals surface area contributed by atoms with Crippen molar-refractivity contribution in [3.63, 3.8) is 0 Å². The summed E-state index contributed by atoms with van der Waals surface area (Å²) in [5.74, 6) is -0.674. The third-order valence-electron chi connectivity index (χ3n) is 4.31. The molecular formula is C17H18F3N5O3S2. The number of primary amides is 1. The average molecular weight is 461 g/mol. The summed E-state index contributed by atoms with van der Waals surface area (Å²) in [5, 5.41) is 11.3. The number of carbonyl (C=O) groups is 2. The lowest BCUT2D eigenvalue weighted by Crippen LogP contribution is -2.42. The minimum atomic E-state index is -4.74. The van der Waals surface area contributed by atoms with Crippen molar-refractivity contribution < 1.29 is 27.5 Å². The van der Waals surface area contributed by atoms with Gasteiger partial charge in [-0.05, 0) is 37.1 Å². The SMILES string of the molecule is NC(=O)C1CCN(C(=O)CSc2nnc(Nc3ccc(OC(F)(F)F)cc3)s2)CC1. The number of carbonyl (C=O) groups excluding carboxylic acids is 2. The van der Waals surface area contributed by atoms with Crippen LogP contribution in [0.5, 0.6) is 5.75 Å². The molecule has 0 saturated carbocycles. The molecule has 30 heavy (non-hydrogen) atoms. The zero-order valence-electron chi connectivity index (χ0n) is 15.5. The van der Waals surface area contributed by atoms with E-state index in [1.54, 1.807) is 4.90 Å². The second kappa shape index (κ2) is 9.51. The number of anilines is 2. The molecule has 0 atom stereocenters. The normalized spacial score (nSPS) is 15.1. The summed E-state index contributed by atoms with van der Waals surface area (Å²) in [5.41, 5.74) is 5.81. The zero-order valence-corrected chi connectivity index (χ0v) is 17.1. The molecule has 1 fully saturated rings. The number of alkyl halides is 3. The van der Waals surface area contributed by atoms with E-state index in [1.165, 1.54) is 47.4 Å². The summed E-state index contributed by atoms with van der Waals surface area (Å²) in [7, 11) is 0. The van der Waals surface area contributed by atoms with Gasteiger partial charge in [-0.15, -0.1) is 23.4 Å². The number of thioether (sulfide) groups is 1. The van der Waals surface area contributed by atoms with Gasteiger partial charge >= 0.3 is 6.36 Å². The Kier molecular flexibility index (Phi) is 7.02. The summed E-state index contributed by atoms with van der Waals surface area (Å²) in [6, 6.07) is 5.22. The Bertz CT molecular complexity index is 884. The smallest absolute Gasteiger partial charge is 0.406 e. The van der Waals surface area contributed by atoms with E-state index in [0.29, 0.717) is 41.1 Å². The van der Waals surface area contributed by atoms with Gasteiger partial charge < -0.3 is 20.7 Å². The Balaban J connectivity index is 1.46. The zero-order chi connectivity index (χ0) is 21.7. The van der Waals surface area contributed by atoms with Crippen LogP contribution in [0.1, 0.15) is 12.8 Å². The number of hydrogen-bond donors (Lipinski definition) is 2. The van der Waals surface area contributed by atoms with Gasteiger partial charge in [-0.1, -0.05) is 23.1 Å². The van der Waals surface area contributed by atoms with Crippen LogP contribution in [0.25, 0.3) is 0 Å². The van der Waals surface area contributed by atoms with Gasteiger partial charge in [-0.2, -0.15) is 0 Å². The van der Waals surface area contributed by atoms with Crippen LogP contribution in [0, 0.1) is 5.92 Å². The van der Waals surface area contributed by atoms with Crippen LogP contribution in [0.2, 0.25) is 0 Å². The van der Waals surface area contributed by atoms with Crippen molar-refractivity contribution in [1.29, 1.82) is 0 Å². The van der Waals surface area contributed by atoms with Gasteiger partial charge in [0.05, 0.1) is 5.75 Å². The van der Waals surface area contributed by atoms with Crippen molar-refractivity contribution in [2.24, 2.45) is 11.7 Å². The Morgan fingerprint density at radius 2 is 1.90 bits per heavy atom. The standard InChI is InChI=1S/C17H18F3N5O3S2/c18-17(19,20)28-12-3-1-11(2-4-12)22-15-23-24-16(30-15)29-9-13(26)25-7-5-10(6-8-25)14(21)27/h1-4,10H,5-9H2,(H2,21,27)(H,22,23). The van der Waals surface area contributed by atoms with Crippen molar-refractivity contribution in [3.8, 4) is 5.75 Å². The number of piperidine rings is 1. The molecule has 162 valence electrons. The molecule has 2 heterocycles. The maximum Gasteiger partial charge on any atom is 0.573 e. The number of amides is 2. The molecule has 13 heteroatoms. The van der Waals surface area contributed by atoms with Crippen LogP contribution in [0.15, 0.2) is 28.6 Å². The van der Waals surface area contributed by atoms with Crippen molar-refractivity contribution in [3.05, 3.63) is 24.3 Å². The highest BCUT2D eigenvalue weighted by atomic mass is 32.2. The number of nitrogens with zero attached hydrogens (tertiary/aromatic N) is 3. The highest BCUT2D eigenvalue weighted by molar-refractivity contribution is 8.01. The molecule has 0 spiro atoms. The number of benzene rings is 1. The van der Waals surface area contributed by atoms with Crippen molar-refractivity contribution in [2.45, 2.75) is 23.5 Å². The number of nitrogens with one attached hydrogen (secondary N) is 1. The average Bonchev–Trinajstić information content (AvgIpc) is 3.14. The van der Waals surface area contributed by atoms with E-state index >= 15 is 0 Å². The van der Waals surface area contributed by atoms with E-state index in [2.05, 4.69) is 20.3 Å². The third kappa shape index (κ3) is 6.49. The molecule has 2 aromatic rings. The largest absolute Gasteiger partial charge is 0.573 e. The minimum Gasteiger partial charge on any atom is -0.406 e. The number of likely N-dealkylation sites (tertiary alicyclic amines) is 1. The van der Waals surface area contributed by atoms with Gasteiger partial charge in [-0.25, -0.2) is 0 Å². The first kappa shape index (κ1) is 22.2. The molecule has 1 aliphatic rings. The van der Waals surface area contributed by atoms with E-state index in [4.69, 9.17) is 5.73 Å². The maximum absolute atomic E-state index is 12.3. The molecule has 1 aliphatic heterocycles. The molecule has 2 amide bonds. The first-order valence-corrected chi connectivity index (χ1v) is 10.7. The van der Waals surface area contributed by atoms with E-state index in [-0.39, 0.29) is 29.2 Å². The molecule has 0 radical (unpaired) electrons. The van der Waals surface area contributed by atoms with Crippen LogP contribution in [-0.2, 0) is 9.59 Å². The summed E-state index contributed by atoms with van der Waals surface area (Å²) in [6.45, 7) is 1.01. The first-order chi connectivity index (χ1) is 14.2. The Labute approximate surface area is 178 Å². The lowest BCUT2D eigenvalue weighted by molar-refractivity contribution is -0.274. The number of ether oxygens (including phenoxy) is 1. The molecule has 8 nitrogen and oxygen atoms in total. The molecule has 1 aromatic heterocycles. The van der Waals surface area contributed by atoms with Crippen molar-refractivity contribution in [1.82, 2.24) is 15.1 Å². The summed E-state index contributed by atoms with van der Waals surface area (Å²) in [6.07, 6.45) is -3.59. The monoisotopic (exact) mass is 461 g/mol. The summed E-state index contributed by atoms with van der Waals surface area (Å²) in [4.78, 5) is 25.2. The fraction of sp³-hybridized carbons (Fsp3) is 0.412. The van der Waals surface area contributed by atoms with E-state index in [0.717, 1.165) is 0 Å². The van der Waals surface area contributed by atoms with Crippen molar-refractivity contribution in [2.75, 3.05) is 24.2 Å². The molecule has 0 unspecified atom stereocenters. The van der Waals surface area contributed by atoms with Gasteiger partial charge in [0.2, 0.25) is 16.9 Å². The van der Waals surface area contributed by atoms with Gasteiger partial charge in [0, 0.05) is 24.7 Å². The maximum atomic E-state index is 12.3. The fourth-order valence-corrected chi connectivity index (χ4v) is 4.49. The number of halogens is 3. The van der Waals surface area contributed by atoms with Crippen molar-refractivity contribution >= 4 is 45.7 Å². The summed E-state index contributed by atoms with van der Waals surface area (Å²) < 4.78 is 41.0. The van der Waals surface area contributed by atoms with Crippen LogP contribution in [-0.4, -0.2) is 52.1 Å². The quantitative estimate of drug-likeness (QED) is 0.610. The topological polar surface area (TPSA) is 110 Å². The fourth-order valence-electron chi connectivity index (χ4n) is 2.81. The van der Waals surface area contributed by atoms with Gasteiger partial charge in [0.15, 0.2) is 4.34 Å². The van der Waals surface area contributed by atoms with Gasteiger partial charge in [0.1, 0.15) is 5.75 Å². The number of aromatic nitrogens is 2. The molecular weight excluding hydrogens is 443 g/mol. The summed E-state index contributed by atoms with van der Waals surface area (Å²) >= 11 is 2.47. The molecule has 1 aromatic carbocycles. The second-order valence-corrected chi connectivity index (χ2v) is 8.62. The molecule has 3 N–H and O–H groups in total. The molecule has 1 saturated heterocycles. The first-order valence-electron chi connectivity index (χ1n) is 8.86. The van der Waals surface area contributed by atoms with Crippen LogP contribution in [0.3, 0.4) is 0 Å². The Morgan fingerprint density at radius 1 is 1.23 bits per heavy atom. The number of hydrogen-bond acceptors (Lipinski definition) is 8. The predicted octanol–water partition coefficient (Wildman–Crippen LogP) is 3.00. The second-order valence-electron chi connectivity index (χ2n) is 6.42. The number of nitrogens with two attached hydrogens (primary N) is 1. The Hall–Kier alpha value is -2.54. The molecule has 3 rings (SSSR count). The van der Waals surface area contributed by atoms with E-state index in [9.17, 15) is 22.8 Å². The predicted molar refractivity (Wildman–Crippen MR) is 106 cm³/mol. The molecule has 0 aliphatic carbocycles. The minimum absolute atomic E-state index is 0.0483.